The molecule has 0 amide bonds. The highest BCUT2D eigenvalue weighted by Crippen LogP contribution is 2.33. The SMILES string of the molecule is CC1(OCCF)C=CC=C(c2cc(-c3ccc4cc[nH]c4c3)[nH]n2)C1. The number of benzene rings is 1. The fourth-order valence-electron chi connectivity index (χ4n) is 3.26. The fraction of sp³-hybridized carbons (Fsp3) is 0.250. The number of aromatic nitrogens is 3. The molecule has 2 aromatic heterocycles. The Hall–Kier alpha value is -2.66. The Kier molecular flexibility index (Phi) is 4.01. The van der Waals surface area contributed by atoms with E-state index < -0.39 is 12.3 Å². The number of nitrogens with one attached hydrogen (secondary N) is 2. The minimum atomic E-state index is -0.488. The van der Waals surface area contributed by atoms with Crippen LogP contribution in [0, 0.1) is 0 Å². The molecule has 0 saturated heterocycles. The van der Waals surface area contributed by atoms with Crippen molar-refractivity contribution in [1.82, 2.24) is 15.2 Å². The summed E-state index contributed by atoms with van der Waals surface area (Å²) in [5.41, 5.74) is 4.62. The van der Waals surface area contributed by atoms with Crippen molar-refractivity contribution in [2.24, 2.45) is 0 Å². The van der Waals surface area contributed by atoms with Crippen molar-refractivity contribution in [2.75, 3.05) is 13.3 Å². The van der Waals surface area contributed by atoms with Crippen molar-refractivity contribution in [3.63, 3.8) is 0 Å². The topological polar surface area (TPSA) is 53.7 Å². The molecule has 0 fully saturated rings. The molecule has 25 heavy (non-hydrogen) atoms. The Bertz CT molecular complexity index is 953. The highest BCUT2D eigenvalue weighted by Gasteiger charge is 2.27. The quantitative estimate of drug-likeness (QED) is 0.712. The van der Waals surface area contributed by atoms with Gasteiger partial charge in [-0.25, -0.2) is 4.39 Å². The Morgan fingerprint density at radius 1 is 1.28 bits per heavy atom. The maximum Gasteiger partial charge on any atom is 0.113 e. The maximum atomic E-state index is 12.4. The van der Waals surface area contributed by atoms with Crippen molar-refractivity contribution >= 4 is 16.5 Å². The van der Waals surface area contributed by atoms with E-state index in [0.29, 0.717) is 6.42 Å². The van der Waals surface area contributed by atoms with Gasteiger partial charge < -0.3 is 9.72 Å². The molecule has 128 valence electrons. The number of alkyl halides is 1. The molecular formula is C20H20FN3O. The van der Waals surface area contributed by atoms with Crippen molar-refractivity contribution in [3.8, 4) is 11.3 Å². The highest BCUT2D eigenvalue weighted by atomic mass is 19.1. The average Bonchev–Trinajstić information content (AvgIpc) is 3.28. The van der Waals surface area contributed by atoms with Gasteiger partial charge in [0, 0.05) is 23.7 Å². The van der Waals surface area contributed by atoms with Crippen LogP contribution in [0.4, 0.5) is 4.39 Å². The summed E-state index contributed by atoms with van der Waals surface area (Å²) in [7, 11) is 0. The van der Waals surface area contributed by atoms with Crippen molar-refractivity contribution in [2.45, 2.75) is 18.9 Å². The first-order valence-electron chi connectivity index (χ1n) is 8.38. The van der Waals surface area contributed by atoms with Crippen LogP contribution < -0.4 is 0 Å². The summed E-state index contributed by atoms with van der Waals surface area (Å²) in [4.78, 5) is 3.23. The monoisotopic (exact) mass is 337 g/mol. The van der Waals surface area contributed by atoms with Gasteiger partial charge in [0.2, 0.25) is 0 Å². The molecule has 1 aromatic carbocycles. The van der Waals surface area contributed by atoms with Gasteiger partial charge in [-0.1, -0.05) is 30.4 Å². The van der Waals surface area contributed by atoms with Gasteiger partial charge in [0.25, 0.3) is 0 Å². The summed E-state index contributed by atoms with van der Waals surface area (Å²) in [6, 6.07) is 10.4. The number of aromatic amines is 2. The number of ether oxygens (including phenoxy) is 1. The van der Waals surface area contributed by atoms with Crippen LogP contribution in [0.2, 0.25) is 0 Å². The third-order valence-corrected chi connectivity index (χ3v) is 4.57. The molecule has 0 saturated carbocycles. The number of hydrogen-bond donors (Lipinski definition) is 2. The van der Waals surface area contributed by atoms with E-state index in [1.54, 1.807) is 0 Å². The average molecular weight is 337 g/mol. The number of rotatable bonds is 5. The molecule has 0 bridgehead atoms. The summed E-state index contributed by atoms with van der Waals surface area (Å²) in [6.07, 6.45) is 8.57. The third kappa shape index (κ3) is 3.15. The Balaban J connectivity index is 1.58. The van der Waals surface area contributed by atoms with Crippen LogP contribution >= 0.6 is 0 Å². The Morgan fingerprint density at radius 2 is 2.20 bits per heavy atom. The van der Waals surface area contributed by atoms with Crippen LogP contribution in [-0.2, 0) is 4.74 Å². The molecule has 0 spiro atoms. The van der Waals surface area contributed by atoms with Crippen LogP contribution in [0.25, 0.3) is 27.7 Å². The second-order valence-electron chi connectivity index (χ2n) is 6.52. The molecule has 4 nitrogen and oxygen atoms in total. The number of nitrogens with zero attached hydrogens (tertiary/aromatic N) is 1. The van der Waals surface area contributed by atoms with E-state index >= 15 is 0 Å². The van der Waals surface area contributed by atoms with Gasteiger partial charge in [-0.15, -0.1) is 0 Å². The van der Waals surface area contributed by atoms with Crippen LogP contribution in [0.3, 0.4) is 0 Å². The van der Waals surface area contributed by atoms with E-state index in [4.69, 9.17) is 4.74 Å². The largest absolute Gasteiger partial charge is 0.368 e. The molecule has 1 aliphatic carbocycles. The summed E-state index contributed by atoms with van der Waals surface area (Å²) in [6.45, 7) is 1.60. The Labute approximate surface area is 145 Å². The molecule has 0 radical (unpaired) electrons. The summed E-state index contributed by atoms with van der Waals surface area (Å²) in [5.74, 6) is 0. The lowest BCUT2D eigenvalue weighted by atomic mass is 9.89. The summed E-state index contributed by atoms with van der Waals surface area (Å²) >= 11 is 0. The van der Waals surface area contributed by atoms with Gasteiger partial charge in [0.05, 0.1) is 23.6 Å². The first-order valence-corrected chi connectivity index (χ1v) is 8.38. The van der Waals surface area contributed by atoms with Gasteiger partial charge in [-0.2, -0.15) is 5.10 Å². The normalized spacial score (nSPS) is 20.2. The van der Waals surface area contributed by atoms with Crippen LogP contribution in [0.15, 0.2) is 54.8 Å². The predicted octanol–water partition coefficient (Wildman–Crippen LogP) is 4.65. The standard InChI is InChI=1S/C20H20FN3O/c1-20(25-10-8-21)7-2-3-16(13-20)19-12-18(23-24-19)15-5-4-14-6-9-22-17(14)11-15/h2-7,9,11-12,22H,8,10,13H2,1H3,(H,23,24). The second kappa shape index (κ2) is 6.33. The van der Waals surface area contributed by atoms with Gasteiger partial charge in [0.1, 0.15) is 6.67 Å². The minimum absolute atomic E-state index is 0.107. The number of H-pyrrole nitrogens is 2. The molecule has 3 aromatic rings. The molecule has 5 heteroatoms. The summed E-state index contributed by atoms with van der Waals surface area (Å²) < 4.78 is 18.1. The molecule has 1 atom stereocenters. The molecule has 1 aliphatic rings. The number of hydrogen-bond acceptors (Lipinski definition) is 2. The zero-order chi connectivity index (χ0) is 17.3. The van der Waals surface area contributed by atoms with E-state index in [1.807, 2.05) is 37.4 Å². The molecule has 1 unspecified atom stereocenters. The summed E-state index contributed by atoms with van der Waals surface area (Å²) in [5, 5.41) is 8.76. The Morgan fingerprint density at radius 3 is 3.08 bits per heavy atom. The molecule has 2 N–H and O–H groups in total. The fourth-order valence-corrected chi connectivity index (χ4v) is 3.26. The van der Waals surface area contributed by atoms with Gasteiger partial charge in [-0.05, 0) is 36.1 Å². The number of fused-ring (bicyclic) bond motifs is 1. The van der Waals surface area contributed by atoms with Gasteiger partial charge in [0.15, 0.2) is 0 Å². The first kappa shape index (κ1) is 15.8. The smallest absolute Gasteiger partial charge is 0.113 e. The van der Waals surface area contributed by atoms with Gasteiger partial charge in [-0.3, -0.25) is 5.10 Å². The minimum Gasteiger partial charge on any atom is -0.368 e. The van der Waals surface area contributed by atoms with Crippen LogP contribution in [0.1, 0.15) is 19.0 Å². The maximum absolute atomic E-state index is 12.4. The lowest BCUT2D eigenvalue weighted by molar-refractivity contribution is 0.00198. The molecule has 4 rings (SSSR count). The van der Waals surface area contributed by atoms with E-state index in [2.05, 4.69) is 39.4 Å². The molecule has 0 aliphatic heterocycles. The number of halogens is 1. The second-order valence-corrected chi connectivity index (χ2v) is 6.52. The van der Waals surface area contributed by atoms with E-state index in [1.165, 1.54) is 5.39 Å². The van der Waals surface area contributed by atoms with Gasteiger partial charge >= 0.3 is 0 Å². The lowest BCUT2D eigenvalue weighted by Gasteiger charge is -2.29. The first-order chi connectivity index (χ1) is 12.2. The van der Waals surface area contributed by atoms with Crippen LogP contribution in [-0.4, -0.2) is 34.1 Å². The zero-order valence-electron chi connectivity index (χ0n) is 14.1. The van der Waals surface area contributed by atoms with E-state index in [-0.39, 0.29) is 6.61 Å². The molecular weight excluding hydrogens is 317 g/mol. The van der Waals surface area contributed by atoms with Crippen molar-refractivity contribution in [1.29, 1.82) is 0 Å². The third-order valence-electron chi connectivity index (χ3n) is 4.57. The number of allylic oxidation sites excluding steroid dienone is 2. The molecule has 2 heterocycles. The zero-order valence-corrected chi connectivity index (χ0v) is 14.1. The highest BCUT2D eigenvalue weighted by molar-refractivity contribution is 5.84. The van der Waals surface area contributed by atoms with E-state index in [9.17, 15) is 4.39 Å². The van der Waals surface area contributed by atoms with Crippen LogP contribution in [0.5, 0.6) is 0 Å². The van der Waals surface area contributed by atoms with Crippen molar-refractivity contribution < 1.29 is 9.13 Å². The predicted molar refractivity (Wildman–Crippen MR) is 97.9 cm³/mol. The van der Waals surface area contributed by atoms with Crippen molar-refractivity contribution in [3.05, 3.63) is 60.5 Å². The lowest BCUT2D eigenvalue weighted by Crippen LogP contribution is -2.29. The van der Waals surface area contributed by atoms with E-state index in [0.717, 1.165) is 28.0 Å².